The Hall–Kier alpha value is -4.93. The van der Waals surface area contributed by atoms with E-state index in [2.05, 4.69) is 36.4 Å². The molecule has 3 N–H and O–H groups in total. The lowest BCUT2D eigenvalue weighted by molar-refractivity contribution is -0.137. The molecule has 2 heterocycles. The Morgan fingerprint density at radius 2 is 1.63 bits per heavy atom. The lowest BCUT2D eigenvalue weighted by Gasteiger charge is -2.36. The summed E-state index contributed by atoms with van der Waals surface area (Å²) in [6.07, 6.45) is 2.36. The number of pyridine rings is 1. The molecule has 3 aromatic rings. The number of piperazine rings is 1. The number of benzene rings is 2. The molecule has 11 heteroatoms. The standard InChI is InChI=1S/C32H37N5O6/c1-32(2,3)24-10-7-21(8-11-24)29(40)35-26-18-22(9-12-27(26)36-14-16-37(17-15-36)31(42)43-4)30(41)34-25(19-28(38)39)23-6-5-13-33-20-23/h5-13,18,20,25H,14-17,19H2,1-4H3,(H,34,41)(H,35,40)(H,38,39). The molecule has 0 bridgehead atoms. The lowest BCUT2D eigenvalue weighted by Crippen LogP contribution is -2.49. The van der Waals surface area contributed by atoms with E-state index in [0.717, 1.165) is 5.56 Å². The van der Waals surface area contributed by atoms with Crippen molar-refractivity contribution in [2.24, 2.45) is 0 Å². The first-order valence-electron chi connectivity index (χ1n) is 14.0. The molecule has 1 saturated heterocycles. The van der Waals surface area contributed by atoms with Gasteiger partial charge in [0.05, 0.1) is 30.9 Å². The minimum Gasteiger partial charge on any atom is -0.481 e. The highest BCUT2D eigenvalue weighted by molar-refractivity contribution is 6.07. The van der Waals surface area contributed by atoms with E-state index in [1.165, 1.54) is 13.3 Å². The zero-order valence-corrected chi connectivity index (χ0v) is 24.8. The first-order valence-corrected chi connectivity index (χ1v) is 14.0. The van der Waals surface area contributed by atoms with Crippen molar-refractivity contribution in [3.8, 4) is 0 Å². The van der Waals surface area contributed by atoms with Gasteiger partial charge in [-0.3, -0.25) is 19.4 Å². The summed E-state index contributed by atoms with van der Waals surface area (Å²) in [5.41, 5.74) is 3.40. The number of methoxy groups -OCH3 is 1. The molecule has 1 atom stereocenters. The summed E-state index contributed by atoms with van der Waals surface area (Å²) in [5.74, 6) is -1.91. The molecule has 1 unspecified atom stereocenters. The van der Waals surface area contributed by atoms with E-state index in [-0.39, 0.29) is 23.3 Å². The van der Waals surface area contributed by atoms with Crippen LogP contribution in [0.1, 0.15) is 65.1 Å². The Balaban J connectivity index is 1.62. The number of hydrogen-bond acceptors (Lipinski definition) is 7. The van der Waals surface area contributed by atoms with Crippen LogP contribution in [0.15, 0.2) is 67.0 Å². The molecule has 43 heavy (non-hydrogen) atoms. The van der Waals surface area contributed by atoms with Gasteiger partial charge < -0.3 is 30.3 Å². The Morgan fingerprint density at radius 1 is 0.953 bits per heavy atom. The van der Waals surface area contributed by atoms with Crippen LogP contribution < -0.4 is 15.5 Å². The van der Waals surface area contributed by atoms with E-state index in [1.807, 2.05) is 17.0 Å². The van der Waals surface area contributed by atoms with Gasteiger partial charge in [0.1, 0.15) is 0 Å². The van der Waals surface area contributed by atoms with Crippen molar-refractivity contribution < 1.29 is 29.0 Å². The smallest absolute Gasteiger partial charge is 0.409 e. The van der Waals surface area contributed by atoms with Crippen molar-refractivity contribution in [2.45, 2.75) is 38.6 Å². The fourth-order valence-corrected chi connectivity index (χ4v) is 4.88. The van der Waals surface area contributed by atoms with Gasteiger partial charge in [0, 0.05) is 49.7 Å². The van der Waals surface area contributed by atoms with Crippen LogP contribution in [0.3, 0.4) is 0 Å². The zero-order chi connectivity index (χ0) is 31.1. The molecule has 1 aliphatic heterocycles. The van der Waals surface area contributed by atoms with Crippen molar-refractivity contribution in [1.82, 2.24) is 15.2 Å². The summed E-state index contributed by atoms with van der Waals surface area (Å²) in [7, 11) is 1.34. The van der Waals surface area contributed by atoms with Gasteiger partial charge in [-0.25, -0.2) is 4.79 Å². The first kappa shape index (κ1) is 31.0. The van der Waals surface area contributed by atoms with Gasteiger partial charge >= 0.3 is 12.1 Å². The maximum absolute atomic E-state index is 13.4. The summed E-state index contributed by atoms with van der Waals surface area (Å²) < 4.78 is 4.84. The van der Waals surface area contributed by atoms with Crippen LogP contribution in [0.25, 0.3) is 0 Å². The molecule has 4 rings (SSSR count). The average Bonchev–Trinajstić information content (AvgIpc) is 3.00. The Labute approximate surface area is 250 Å². The van der Waals surface area contributed by atoms with Crippen molar-refractivity contribution in [3.05, 3.63) is 89.2 Å². The summed E-state index contributed by atoms with van der Waals surface area (Å²) in [6, 6.07) is 14.9. The number of carboxylic acid groups (broad SMARTS) is 1. The molecule has 0 saturated carbocycles. The van der Waals surface area contributed by atoms with E-state index in [4.69, 9.17) is 4.74 Å². The molecular weight excluding hydrogens is 550 g/mol. The Bertz CT molecular complexity index is 1460. The maximum atomic E-state index is 13.4. The van der Waals surface area contributed by atoms with Crippen molar-refractivity contribution in [1.29, 1.82) is 0 Å². The van der Waals surface area contributed by atoms with Gasteiger partial charge in [-0.2, -0.15) is 0 Å². The fourth-order valence-electron chi connectivity index (χ4n) is 4.88. The van der Waals surface area contributed by atoms with Gasteiger partial charge in [-0.1, -0.05) is 39.0 Å². The van der Waals surface area contributed by atoms with Gasteiger partial charge in [0.2, 0.25) is 0 Å². The number of anilines is 2. The Morgan fingerprint density at radius 3 is 2.21 bits per heavy atom. The highest BCUT2D eigenvalue weighted by Crippen LogP contribution is 2.30. The maximum Gasteiger partial charge on any atom is 0.409 e. The van der Waals surface area contributed by atoms with E-state index in [1.54, 1.807) is 53.6 Å². The Kier molecular flexibility index (Phi) is 9.64. The van der Waals surface area contributed by atoms with Crippen molar-refractivity contribution in [2.75, 3.05) is 43.5 Å². The van der Waals surface area contributed by atoms with Gasteiger partial charge in [-0.15, -0.1) is 0 Å². The van der Waals surface area contributed by atoms with E-state index in [9.17, 15) is 24.3 Å². The quantitative estimate of drug-likeness (QED) is 0.351. The van der Waals surface area contributed by atoms with E-state index in [0.29, 0.717) is 48.7 Å². The van der Waals surface area contributed by atoms with Crippen LogP contribution in [-0.4, -0.2) is 72.2 Å². The number of carboxylic acids is 1. The number of nitrogens with one attached hydrogen (secondary N) is 2. The highest BCUT2D eigenvalue weighted by atomic mass is 16.5. The van der Waals surface area contributed by atoms with Crippen LogP contribution in [-0.2, 0) is 14.9 Å². The average molecular weight is 588 g/mol. The third-order valence-electron chi connectivity index (χ3n) is 7.34. The molecule has 226 valence electrons. The van der Waals surface area contributed by atoms with Crippen LogP contribution >= 0.6 is 0 Å². The normalized spacial score (nSPS) is 14.0. The second-order valence-corrected chi connectivity index (χ2v) is 11.4. The topological polar surface area (TPSA) is 141 Å². The number of rotatable bonds is 8. The number of ether oxygens (including phenoxy) is 1. The van der Waals surface area contributed by atoms with Gasteiger partial charge in [0.25, 0.3) is 11.8 Å². The second kappa shape index (κ2) is 13.4. The number of carbonyl (C=O) groups is 4. The highest BCUT2D eigenvalue weighted by Gasteiger charge is 2.25. The number of hydrogen-bond donors (Lipinski definition) is 3. The molecular formula is C32H37N5O6. The van der Waals surface area contributed by atoms with Gasteiger partial charge in [-0.05, 0) is 52.9 Å². The molecule has 1 aromatic heterocycles. The zero-order valence-electron chi connectivity index (χ0n) is 24.8. The molecule has 1 aliphatic rings. The summed E-state index contributed by atoms with van der Waals surface area (Å²) in [5, 5.41) is 15.2. The molecule has 1 fully saturated rings. The van der Waals surface area contributed by atoms with Crippen LogP contribution in [0.5, 0.6) is 0 Å². The number of aromatic nitrogens is 1. The monoisotopic (exact) mass is 587 g/mol. The van der Waals surface area contributed by atoms with Crippen LogP contribution in [0, 0.1) is 0 Å². The predicted molar refractivity (Wildman–Crippen MR) is 162 cm³/mol. The molecule has 11 nitrogen and oxygen atoms in total. The molecule has 2 aromatic carbocycles. The third-order valence-corrected chi connectivity index (χ3v) is 7.34. The summed E-state index contributed by atoms with van der Waals surface area (Å²) in [6.45, 7) is 8.13. The number of amides is 3. The summed E-state index contributed by atoms with van der Waals surface area (Å²) in [4.78, 5) is 58.0. The van der Waals surface area contributed by atoms with E-state index < -0.39 is 24.0 Å². The fraction of sp³-hybridized carbons (Fsp3) is 0.344. The molecule has 3 amide bonds. The lowest BCUT2D eigenvalue weighted by atomic mass is 9.86. The first-order chi connectivity index (χ1) is 20.5. The number of aliphatic carboxylic acids is 1. The molecule has 0 radical (unpaired) electrons. The predicted octanol–water partition coefficient (Wildman–Crippen LogP) is 4.47. The largest absolute Gasteiger partial charge is 0.481 e. The number of nitrogens with zero attached hydrogens (tertiary/aromatic N) is 3. The van der Waals surface area contributed by atoms with Gasteiger partial charge in [0.15, 0.2) is 0 Å². The minimum absolute atomic E-state index is 0.0650. The molecule has 0 aliphatic carbocycles. The third kappa shape index (κ3) is 7.88. The van der Waals surface area contributed by atoms with Crippen LogP contribution in [0.4, 0.5) is 16.2 Å². The molecule has 0 spiro atoms. The van der Waals surface area contributed by atoms with Crippen molar-refractivity contribution >= 4 is 35.3 Å². The SMILES string of the molecule is COC(=O)N1CCN(c2ccc(C(=O)NC(CC(=O)O)c3cccnc3)cc2NC(=O)c2ccc(C(C)(C)C)cc2)CC1. The van der Waals surface area contributed by atoms with Crippen LogP contribution in [0.2, 0.25) is 0 Å². The number of carbonyl (C=O) groups excluding carboxylic acids is 3. The second-order valence-electron chi connectivity index (χ2n) is 11.4. The van der Waals surface area contributed by atoms with E-state index >= 15 is 0 Å². The van der Waals surface area contributed by atoms with Crippen molar-refractivity contribution in [3.63, 3.8) is 0 Å². The summed E-state index contributed by atoms with van der Waals surface area (Å²) >= 11 is 0. The minimum atomic E-state index is -1.07.